The Balaban J connectivity index is 2.19. The summed E-state index contributed by atoms with van der Waals surface area (Å²) in [5.41, 5.74) is 1.14. The van der Waals surface area contributed by atoms with Crippen LogP contribution in [0.3, 0.4) is 0 Å². The zero-order chi connectivity index (χ0) is 13.7. The third kappa shape index (κ3) is 3.30. The molecule has 0 aliphatic heterocycles. The Morgan fingerprint density at radius 2 is 1.74 bits per heavy atom. The largest absolute Gasteiger partial charge is 0.457 e. The monoisotopic (exact) mass is 262 g/mol. The maximum Gasteiger partial charge on any atom is 0.135 e. The van der Waals surface area contributed by atoms with Crippen LogP contribution in [0.2, 0.25) is 0 Å². The van der Waals surface area contributed by atoms with Crippen LogP contribution in [0.25, 0.3) is 0 Å². The van der Waals surface area contributed by atoms with Gasteiger partial charge in [-0.15, -0.1) is 0 Å². The van der Waals surface area contributed by atoms with Crippen molar-refractivity contribution in [2.45, 2.75) is 13.0 Å². The molecule has 0 amide bonds. The number of hydrogen-bond donors (Lipinski definition) is 2. The number of hydrogen-bond acceptors (Lipinski definition) is 3. The Labute approximate surface area is 110 Å². The number of benzene rings is 2. The third-order valence-electron chi connectivity index (χ3n) is 2.79. The van der Waals surface area contributed by atoms with Gasteiger partial charge in [-0.1, -0.05) is 18.2 Å². The fourth-order valence-electron chi connectivity index (χ4n) is 1.77. The van der Waals surface area contributed by atoms with E-state index in [1.54, 1.807) is 18.2 Å². The second-order valence-corrected chi connectivity index (χ2v) is 4.09. The molecule has 0 aliphatic rings. The molecule has 0 unspecified atom stereocenters. The molecule has 0 atom stereocenters. The normalized spacial score (nSPS) is 10.5. The van der Waals surface area contributed by atoms with Crippen molar-refractivity contribution in [1.82, 2.24) is 0 Å². The summed E-state index contributed by atoms with van der Waals surface area (Å²) in [6, 6.07) is 11.6. The molecular formula is C15H15FO3. The fraction of sp³-hybridized carbons (Fsp3) is 0.200. The average molecular weight is 262 g/mol. The Bertz CT molecular complexity index is 538. The standard InChI is InChI=1S/C15H15FO3/c16-14-2-1-3-15(13(14)10-18)19-12-6-4-11(5-7-12)8-9-17/h1-7,17-18H,8-10H2. The highest BCUT2D eigenvalue weighted by molar-refractivity contribution is 5.39. The van der Waals surface area contributed by atoms with Crippen LogP contribution in [-0.4, -0.2) is 16.8 Å². The zero-order valence-electron chi connectivity index (χ0n) is 10.3. The van der Waals surface area contributed by atoms with E-state index < -0.39 is 12.4 Å². The summed E-state index contributed by atoms with van der Waals surface area (Å²) in [6.07, 6.45) is 0.585. The van der Waals surface area contributed by atoms with Gasteiger partial charge in [0.15, 0.2) is 0 Å². The van der Waals surface area contributed by atoms with Crippen LogP contribution < -0.4 is 4.74 Å². The summed E-state index contributed by atoms with van der Waals surface area (Å²) < 4.78 is 19.0. The molecule has 2 aromatic carbocycles. The molecule has 0 aromatic heterocycles. The first-order chi connectivity index (χ1) is 9.24. The van der Waals surface area contributed by atoms with Crippen LogP contribution in [0, 0.1) is 5.82 Å². The van der Waals surface area contributed by atoms with E-state index in [-0.39, 0.29) is 12.2 Å². The first-order valence-electron chi connectivity index (χ1n) is 6.00. The minimum atomic E-state index is -0.489. The number of halogens is 1. The van der Waals surface area contributed by atoms with Crippen LogP contribution in [-0.2, 0) is 13.0 Å². The summed E-state index contributed by atoms with van der Waals surface area (Å²) in [5.74, 6) is 0.372. The molecule has 2 N–H and O–H groups in total. The lowest BCUT2D eigenvalue weighted by atomic mass is 10.1. The number of rotatable bonds is 5. The lowest BCUT2D eigenvalue weighted by Crippen LogP contribution is -1.96. The van der Waals surface area contributed by atoms with Crippen molar-refractivity contribution in [2.24, 2.45) is 0 Å². The predicted molar refractivity (Wildman–Crippen MR) is 69.6 cm³/mol. The molecule has 0 fully saturated rings. The van der Waals surface area contributed by atoms with Gasteiger partial charge >= 0.3 is 0 Å². The quantitative estimate of drug-likeness (QED) is 0.871. The molecule has 0 saturated carbocycles. The van der Waals surface area contributed by atoms with Crippen LogP contribution in [0.4, 0.5) is 4.39 Å². The van der Waals surface area contributed by atoms with E-state index in [2.05, 4.69) is 0 Å². The highest BCUT2D eigenvalue weighted by Crippen LogP contribution is 2.27. The summed E-state index contributed by atoms with van der Waals surface area (Å²) in [7, 11) is 0. The van der Waals surface area contributed by atoms with E-state index in [0.717, 1.165) is 5.56 Å². The van der Waals surface area contributed by atoms with Gasteiger partial charge in [-0.05, 0) is 36.2 Å². The van der Waals surface area contributed by atoms with E-state index in [1.165, 1.54) is 12.1 Å². The van der Waals surface area contributed by atoms with E-state index in [4.69, 9.17) is 14.9 Å². The predicted octanol–water partition coefficient (Wildman–Crippen LogP) is 2.65. The minimum Gasteiger partial charge on any atom is -0.457 e. The molecule has 100 valence electrons. The van der Waals surface area contributed by atoms with Gasteiger partial charge in [0.1, 0.15) is 17.3 Å². The molecule has 0 aliphatic carbocycles. The molecule has 19 heavy (non-hydrogen) atoms. The highest BCUT2D eigenvalue weighted by atomic mass is 19.1. The lowest BCUT2D eigenvalue weighted by molar-refractivity contribution is 0.270. The van der Waals surface area contributed by atoms with E-state index in [9.17, 15) is 4.39 Å². The molecule has 0 spiro atoms. The summed E-state index contributed by atoms with van der Waals surface area (Å²) >= 11 is 0. The third-order valence-corrected chi connectivity index (χ3v) is 2.79. The number of aliphatic hydroxyl groups excluding tert-OH is 2. The second-order valence-electron chi connectivity index (χ2n) is 4.09. The Kier molecular flexibility index (Phi) is 4.49. The minimum absolute atomic E-state index is 0.0960. The van der Waals surface area contributed by atoms with Crippen molar-refractivity contribution >= 4 is 0 Å². The molecule has 0 saturated heterocycles. The first-order valence-corrected chi connectivity index (χ1v) is 6.00. The molecule has 0 bridgehead atoms. The molecule has 2 aromatic rings. The average Bonchev–Trinajstić information content (AvgIpc) is 2.42. The Hall–Kier alpha value is -1.91. The van der Waals surface area contributed by atoms with Crippen molar-refractivity contribution in [2.75, 3.05) is 6.61 Å². The van der Waals surface area contributed by atoms with Crippen LogP contribution >= 0.6 is 0 Å². The molecule has 0 radical (unpaired) electrons. The summed E-state index contributed by atoms with van der Waals surface area (Å²) in [4.78, 5) is 0. The second kappa shape index (κ2) is 6.31. The molecule has 0 heterocycles. The van der Waals surface area contributed by atoms with Crippen LogP contribution in [0.15, 0.2) is 42.5 Å². The van der Waals surface area contributed by atoms with Gasteiger partial charge in [0.25, 0.3) is 0 Å². The van der Waals surface area contributed by atoms with Crippen molar-refractivity contribution in [3.8, 4) is 11.5 Å². The Morgan fingerprint density at radius 1 is 1.00 bits per heavy atom. The van der Waals surface area contributed by atoms with Gasteiger partial charge in [0.05, 0.1) is 12.2 Å². The number of aliphatic hydroxyl groups is 2. The smallest absolute Gasteiger partial charge is 0.135 e. The first kappa shape index (κ1) is 13.5. The molecule has 2 rings (SSSR count). The topological polar surface area (TPSA) is 49.7 Å². The fourth-order valence-corrected chi connectivity index (χ4v) is 1.77. The zero-order valence-corrected chi connectivity index (χ0v) is 10.3. The maximum absolute atomic E-state index is 13.4. The molecular weight excluding hydrogens is 247 g/mol. The van der Waals surface area contributed by atoms with Gasteiger partial charge in [-0.2, -0.15) is 0 Å². The molecule has 4 heteroatoms. The van der Waals surface area contributed by atoms with Gasteiger partial charge < -0.3 is 14.9 Å². The van der Waals surface area contributed by atoms with Gasteiger partial charge in [0.2, 0.25) is 0 Å². The maximum atomic E-state index is 13.4. The Morgan fingerprint density at radius 3 is 2.37 bits per heavy atom. The SMILES string of the molecule is OCCc1ccc(Oc2cccc(F)c2CO)cc1. The highest BCUT2D eigenvalue weighted by Gasteiger charge is 2.09. The van der Waals surface area contributed by atoms with E-state index >= 15 is 0 Å². The summed E-state index contributed by atoms with van der Waals surface area (Å²) in [6.45, 7) is -0.316. The lowest BCUT2D eigenvalue weighted by Gasteiger charge is -2.10. The van der Waals surface area contributed by atoms with Crippen LogP contribution in [0.1, 0.15) is 11.1 Å². The van der Waals surface area contributed by atoms with Crippen molar-refractivity contribution < 1.29 is 19.3 Å². The van der Waals surface area contributed by atoms with E-state index in [1.807, 2.05) is 12.1 Å². The van der Waals surface area contributed by atoms with Crippen molar-refractivity contribution in [1.29, 1.82) is 0 Å². The van der Waals surface area contributed by atoms with Crippen molar-refractivity contribution in [3.63, 3.8) is 0 Å². The number of ether oxygens (including phenoxy) is 1. The van der Waals surface area contributed by atoms with Gasteiger partial charge in [0, 0.05) is 6.61 Å². The van der Waals surface area contributed by atoms with Gasteiger partial charge in [-0.25, -0.2) is 4.39 Å². The van der Waals surface area contributed by atoms with Crippen LogP contribution in [0.5, 0.6) is 11.5 Å². The molecule has 3 nitrogen and oxygen atoms in total. The summed E-state index contributed by atoms with van der Waals surface area (Å²) in [5, 5.41) is 18.0. The van der Waals surface area contributed by atoms with Crippen molar-refractivity contribution in [3.05, 3.63) is 59.4 Å². The van der Waals surface area contributed by atoms with E-state index in [0.29, 0.717) is 17.9 Å². The van der Waals surface area contributed by atoms with Gasteiger partial charge in [-0.3, -0.25) is 0 Å².